The monoisotopic (exact) mass is 503 g/mol. The summed E-state index contributed by atoms with van der Waals surface area (Å²) in [7, 11) is 0. The molecule has 0 radical (unpaired) electrons. The molecule has 5 rings (SSSR count). The molecular formula is C26H19F6N3O. The number of nitrogens with zero attached hydrogens (tertiary/aromatic N) is 3. The highest BCUT2D eigenvalue weighted by Crippen LogP contribution is 2.33. The van der Waals surface area contributed by atoms with Gasteiger partial charge in [-0.3, -0.25) is 4.90 Å². The Morgan fingerprint density at radius 2 is 1.58 bits per heavy atom. The summed E-state index contributed by atoms with van der Waals surface area (Å²) in [5.74, 6) is 1.35. The van der Waals surface area contributed by atoms with E-state index in [1.54, 1.807) is 24.4 Å². The third-order valence-electron chi connectivity index (χ3n) is 6.00. The molecule has 3 heterocycles. The molecule has 2 aromatic carbocycles. The Bertz CT molecular complexity index is 1380. The largest absolute Gasteiger partial charge is 0.460 e. The van der Waals surface area contributed by atoms with Gasteiger partial charge in [0.1, 0.15) is 11.5 Å². The van der Waals surface area contributed by atoms with E-state index in [4.69, 9.17) is 4.42 Å². The van der Waals surface area contributed by atoms with Crippen molar-refractivity contribution in [1.29, 1.82) is 0 Å². The van der Waals surface area contributed by atoms with Gasteiger partial charge in [0.05, 0.1) is 23.4 Å². The summed E-state index contributed by atoms with van der Waals surface area (Å²) in [6, 6.07) is 13.1. The predicted molar refractivity (Wildman–Crippen MR) is 119 cm³/mol. The molecule has 0 bridgehead atoms. The molecular weight excluding hydrogens is 484 g/mol. The van der Waals surface area contributed by atoms with Crippen molar-refractivity contribution in [1.82, 2.24) is 14.9 Å². The fourth-order valence-corrected chi connectivity index (χ4v) is 4.14. The third-order valence-corrected chi connectivity index (χ3v) is 6.00. The van der Waals surface area contributed by atoms with Crippen molar-refractivity contribution >= 4 is 0 Å². The van der Waals surface area contributed by atoms with Gasteiger partial charge in [0.15, 0.2) is 5.82 Å². The zero-order valence-corrected chi connectivity index (χ0v) is 18.7. The molecule has 186 valence electrons. The highest BCUT2D eigenvalue weighted by atomic mass is 19.4. The molecule has 0 fully saturated rings. The van der Waals surface area contributed by atoms with Crippen molar-refractivity contribution in [3.8, 4) is 22.7 Å². The van der Waals surface area contributed by atoms with Gasteiger partial charge in [-0.1, -0.05) is 24.3 Å². The maximum atomic E-state index is 13.0. The number of hydrogen-bond donors (Lipinski definition) is 0. The summed E-state index contributed by atoms with van der Waals surface area (Å²) < 4.78 is 83.3. The van der Waals surface area contributed by atoms with E-state index in [1.165, 1.54) is 18.2 Å². The molecule has 0 spiro atoms. The van der Waals surface area contributed by atoms with Gasteiger partial charge < -0.3 is 4.42 Å². The van der Waals surface area contributed by atoms with Gasteiger partial charge in [-0.15, -0.1) is 0 Å². The lowest BCUT2D eigenvalue weighted by atomic mass is 10.1. The number of halogens is 6. The van der Waals surface area contributed by atoms with Crippen molar-refractivity contribution in [2.24, 2.45) is 0 Å². The van der Waals surface area contributed by atoms with E-state index >= 15 is 0 Å². The maximum absolute atomic E-state index is 13.0. The number of benzene rings is 2. The first-order valence-electron chi connectivity index (χ1n) is 11.1. The Kier molecular flexibility index (Phi) is 6.07. The first-order valence-corrected chi connectivity index (χ1v) is 11.1. The van der Waals surface area contributed by atoms with Gasteiger partial charge >= 0.3 is 12.4 Å². The van der Waals surface area contributed by atoms with Crippen LogP contribution in [0.2, 0.25) is 0 Å². The molecule has 0 N–H and O–H groups in total. The van der Waals surface area contributed by atoms with Crippen LogP contribution in [0.15, 0.2) is 71.3 Å². The summed E-state index contributed by atoms with van der Waals surface area (Å²) in [4.78, 5) is 11.0. The van der Waals surface area contributed by atoms with Crippen LogP contribution in [0.5, 0.6) is 0 Å². The summed E-state index contributed by atoms with van der Waals surface area (Å²) >= 11 is 0. The first-order chi connectivity index (χ1) is 17.1. The summed E-state index contributed by atoms with van der Waals surface area (Å²) in [6.45, 7) is 1.66. The molecule has 0 unspecified atom stereocenters. The van der Waals surface area contributed by atoms with Crippen LogP contribution in [0.1, 0.15) is 28.1 Å². The third kappa shape index (κ3) is 5.13. The number of aromatic nitrogens is 2. The second kappa shape index (κ2) is 9.09. The Balaban J connectivity index is 1.27. The highest BCUT2D eigenvalue weighted by molar-refractivity contribution is 5.59. The Morgan fingerprint density at radius 1 is 0.833 bits per heavy atom. The summed E-state index contributed by atoms with van der Waals surface area (Å²) in [6.07, 6.45) is -6.54. The van der Waals surface area contributed by atoms with Gasteiger partial charge in [0.2, 0.25) is 0 Å². The van der Waals surface area contributed by atoms with Crippen molar-refractivity contribution < 1.29 is 30.8 Å². The van der Waals surface area contributed by atoms with Crippen LogP contribution in [-0.2, 0) is 31.9 Å². The summed E-state index contributed by atoms with van der Waals surface area (Å²) in [5.41, 5.74) is 1.13. The number of hydrogen-bond acceptors (Lipinski definition) is 4. The average molecular weight is 503 g/mol. The number of fused-ring (bicyclic) bond motifs is 1. The fraction of sp³-hybridized carbons (Fsp3) is 0.231. The summed E-state index contributed by atoms with van der Waals surface area (Å²) in [5, 5.41) is 0. The second-order valence-electron chi connectivity index (χ2n) is 8.55. The molecule has 0 aliphatic carbocycles. The van der Waals surface area contributed by atoms with Gasteiger partial charge in [-0.25, -0.2) is 9.97 Å². The minimum Gasteiger partial charge on any atom is -0.460 e. The quantitative estimate of drug-likeness (QED) is 0.281. The Hall–Kier alpha value is -3.66. The van der Waals surface area contributed by atoms with Crippen LogP contribution in [0.4, 0.5) is 26.3 Å². The van der Waals surface area contributed by atoms with Crippen molar-refractivity contribution in [2.75, 3.05) is 6.54 Å². The highest BCUT2D eigenvalue weighted by Gasteiger charge is 2.31. The SMILES string of the molecule is FC(F)(F)c1ccc(-c2ncc3c(n2)CCN(Cc2ccc(-c4cccc(C(F)(F)F)c4)o2)C3)cc1. The van der Waals surface area contributed by atoms with Crippen LogP contribution in [-0.4, -0.2) is 21.4 Å². The van der Waals surface area contributed by atoms with E-state index in [1.807, 2.05) is 0 Å². The van der Waals surface area contributed by atoms with E-state index < -0.39 is 23.5 Å². The van der Waals surface area contributed by atoms with Crippen LogP contribution in [0.3, 0.4) is 0 Å². The van der Waals surface area contributed by atoms with E-state index in [-0.39, 0.29) is 0 Å². The Labute approximate surface area is 202 Å². The van der Waals surface area contributed by atoms with E-state index in [2.05, 4.69) is 14.9 Å². The van der Waals surface area contributed by atoms with Crippen LogP contribution in [0, 0.1) is 0 Å². The molecule has 36 heavy (non-hydrogen) atoms. The molecule has 4 aromatic rings. The molecule has 1 aliphatic rings. The van der Waals surface area contributed by atoms with E-state index in [0.29, 0.717) is 54.5 Å². The fourth-order valence-electron chi connectivity index (χ4n) is 4.14. The normalized spacial score (nSPS) is 14.6. The zero-order chi connectivity index (χ0) is 25.5. The predicted octanol–water partition coefficient (Wildman–Crippen LogP) is 7.00. The molecule has 10 heteroatoms. The lowest BCUT2D eigenvalue weighted by molar-refractivity contribution is -0.138. The van der Waals surface area contributed by atoms with Crippen LogP contribution < -0.4 is 0 Å². The van der Waals surface area contributed by atoms with Crippen LogP contribution in [0.25, 0.3) is 22.7 Å². The zero-order valence-electron chi connectivity index (χ0n) is 18.7. The molecule has 4 nitrogen and oxygen atoms in total. The van der Waals surface area contributed by atoms with E-state index in [0.717, 1.165) is 35.5 Å². The van der Waals surface area contributed by atoms with Gasteiger partial charge in [0, 0.05) is 42.4 Å². The molecule has 0 amide bonds. The average Bonchev–Trinajstić information content (AvgIpc) is 3.31. The van der Waals surface area contributed by atoms with Crippen molar-refractivity contribution in [3.05, 3.63) is 95.0 Å². The lowest BCUT2D eigenvalue weighted by Gasteiger charge is -2.27. The van der Waals surface area contributed by atoms with Gasteiger partial charge in [0.25, 0.3) is 0 Å². The minimum absolute atomic E-state index is 0.351. The van der Waals surface area contributed by atoms with Gasteiger partial charge in [-0.05, 0) is 36.4 Å². The number of furan rings is 1. The molecule has 0 saturated heterocycles. The molecule has 1 aliphatic heterocycles. The van der Waals surface area contributed by atoms with Crippen LogP contribution >= 0.6 is 0 Å². The maximum Gasteiger partial charge on any atom is 0.416 e. The first kappa shape index (κ1) is 24.1. The van der Waals surface area contributed by atoms with Crippen molar-refractivity contribution in [2.45, 2.75) is 31.9 Å². The number of alkyl halides is 6. The molecule has 0 saturated carbocycles. The standard InChI is InChI=1S/C26H19F6N3O/c27-25(28,29)19-6-4-16(5-7-19)24-33-13-18-14-35(11-10-22(18)34-24)15-21-8-9-23(36-21)17-2-1-3-20(12-17)26(30,31)32/h1-9,12-13H,10-11,14-15H2. The smallest absolute Gasteiger partial charge is 0.416 e. The van der Waals surface area contributed by atoms with Gasteiger partial charge in [-0.2, -0.15) is 26.3 Å². The molecule has 0 atom stereocenters. The second-order valence-corrected chi connectivity index (χ2v) is 8.55. The molecule has 2 aromatic heterocycles. The Morgan fingerprint density at radius 3 is 2.31 bits per heavy atom. The lowest BCUT2D eigenvalue weighted by Crippen LogP contribution is -2.30. The van der Waals surface area contributed by atoms with Crippen molar-refractivity contribution in [3.63, 3.8) is 0 Å². The topological polar surface area (TPSA) is 42.2 Å². The number of rotatable bonds is 4. The minimum atomic E-state index is -4.43. The van der Waals surface area contributed by atoms with E-state index in [9.17, 15) is 26.3 Å².